The molecule has 0 radical (unpaired) electrons. The number of carboxylic acid groups (broad SMARTS) is 1. The smallest absolute Gasteiger partial charge is 0.335 e. The molecule has 1 aliphatic rings. The van der Waals surface area contributed by atoms with Crippen molar-refractivity contribution < 1.29 is 39.8 Å². The number of hydrogen-bond donors (Lipinski definition) is 5. The van der Waals surface area contributed by atoms with Crippen molar-refractivity contribution in [1.82, 2.24) is 4.98 Å². The maximum atomic E-state index is 11.3. The second-order valence-corrected chi connectivity index (χ2v) is 7.78. The van der Waals surface area contributed by atoms with Gasteiger partial charge in [0.2, 0.25) is 6.29 Å². The standard InChI is InChI=1S/C22H29NO8/c1-2-3-4-5-10-15(24)14-11-16(12-8-6-7-9-13(12)23-14)30-22-19(27)17(25)18(26)20(31-22)21(28)29/h6-9,11,15,17-20,22,24-27H,2-5,10H2,1H3,(H,28,29)/t15?,17-,18-,19?,20?,22-/m1/s1. The van der Waals surface area contributed by atoms with E-state index in [1.807, 2.05) is 0 Å². The Labute approximate surface area is 179 Å². The van der Waals surface area contributed by atoms with Crippen molar-refractivity contribution in [1.29, 1.82) is 0 Å². The SMILES string of the molecule is CCCCCCC(O)c1cc(O[C@@H]2OC(C(=O)O)[C@H](O)[C@@H](O)C2O)c2ccccc2n1. The highest BCUT2D eigenvalue weighted by Crippen LogP contribution is 2.32. The van der Waals surface area contributed by atoms with Gasteiger partial charge < -0.3 is 35.0 Å². The summed E-state index contributed by atoms with van der Waals surface area (Å²) >= 11 is 0. The van der Waals surface area contributed by atoms with Gasteiger partial charge in [-0.05, 0) is 18.6 Å². The van der Waals surface area contributed by atoms with Gasteiger partial charge in [0.15, 0.2) is 6.10 Å². The maximum Gasteiger partial charge on any atom is 0.335 e. The van der Waals surface area contributed by atoms with Crippen molar-refractivity contribution in [3.05, 3.63) is 36.0 Å². The lowest BCUT2D eigenvalue weighted by atomic mass is 9.99. The van der Waals surface area contributed by atoms with Gasteiger partial charge in [-0.2, -0.15) is 0 Å². The molecule has 0 bridgehead atoms. The van der Waals surface area contributed by atoms with Crippen molar-refractivity contribution in [3.8, 4) is 5.75 Å². The van der Waals surface area contributed by atoms with Crippen molar-refractivity contribution in [2.45, 2.75) is 75.8 Å². The molecule has 2 heterocycles. The minimum Gasteiger partial charge on any atom is -0.479 e. The van der Waals surface area contributed by atoms with E-state index in [1.165, 1.54) is 6.07 Å². The number of aliphatic hydroxyl groups excluding tert-OH is 4. The number of para-hydroxylation sites is 1. The zero-order chi connectivity index (χ0) is 22.5. The molecule has 3 rings (SSSR count). The molecule has 3 unspecified atom stereocenters. The number of rotatable bonds is 9. The van der Waals surface area contributed by atoms with Crippen LogP contribution in [0.2, 0.25) is 0 Å². The summed E-state index contributed by atoms with van der Waals surface area (Å²) in [6.07, 6.45) is -4.83. The molecule has 31 heavy (non-hydrogen) atoms. The van der Waals surface area contributed by atoms with Gasteiger partial charge in [-0.25, -0.2) is 9.78 Å². The van der Waals surface area contributed by atoms with E-state index < -0.39 is 42.8 Å². The average Bonchev–Trinajstić information content (AvgIpc) is 2.76. The third kappa shape index (κ3) is 5.31. The lowest BCUT2D eigenvalue weighted by Gasteiger charge is -2.38. The second kappa shape index (κ2) is 10.3. The lowest BCUT2D eigenvalue weighted by Crippen LogP contribution is -2.61. The van der Waals surface area contributed by atoms with Crippen molar-refractivity contribution >= 4 is 16.9 Å². The number of aliphatic hydroxyl groups is 4. The van der Waals surface area contributed by atoms with Crippen LogP contribution in [0.25, 0.3) is 10.9 Å². The molecule has 0 spiro atoms. The Bertz CT molecular complexity index is 891. The summed E-state index contributed by atoms with van der Waals surface area (Å²) in [6.45, 7) is 2.11. The van der Waals surface area contributed by atoms with Crippen LogP contribution in [0.15, 0.2) is 30.3 Å². The van der Waals surface area contributed by atoms with Gasteiger partial charge in [-0.3, -0.25) is 0 Å². The molecule has 1 aliphatic heterocycles. The van der Waals surface area contributed by atoms with E-state index >= 15 is 0 Å². The monoisotopic (exact) mass is 435 g/mol. The fourth-order valence-corrected chi connectivity index (χ4v) is 3.62. The first-order valence-electron chi connectivity index (χ1n) is 10.5. The minimum absolute atomic E-state index is 0.213. The summed E-state index contributed by atoms with van der Waals surface area (Å²) in [6, 6.07) is 8.53. The highest BCUT2D eigenvalue weighted by Gasteiger charge is 2.48. The zero-order valence-corrected chi connectivity index (χ0v) is 17.3. The normalized spacial score (nSPS) is 27.2. The van der Waals surface area contributed by atoms with Gasteiger partial charge in [0.1, 0.15) is 24.1 Å². The number of pyridine rings is 1. The molecular weight excluding hydrogens is 406 g/mol. The molecule has 9 heteroatoms. The number of hydrogen-bond acceptors (Lipinski definition) is 8. The number of fused-ring (bicyclic) bond motifs is 1. The molecule has 0 aliphatic carbocycles. The first-order valence-corrected chi connectivity index (χ1v) is 10.5. The van der Waals surface area contributed by atoms with Gasteiger partial charge in [0, 0.05) is 11.5 Å². The highest BCUT2D eigenvalue weighted by molar-refractivity contribution is 5.85. The molecule has 1 aromatic heterocycles. The molecular formula is C22H29NO8. The molecule has 1 aromatic carbocycles. The topological polar surface area (TPSA) is 150 Å². The third-order valence-corrected chi connectivity index (χ3v) is 5.43. The Kier molecular flexibility index (Phi) is 7.79. The molecule has 1 saturated heterocycles. The van der Waals surface area contributed by atoms with Crippen LogP contribution in [-0.4, -0.2) is 67.2 Å². The Morgan fingerprint density at radius 2 is 1.87 bits per heavy atom. The number of ether oxygens (including phenoxy) is 2. The summed E-state index contributed by atoms with van der Waals surface area (Å²) in [4.78, 5) is 15.8. The number of aliphatic carboxylic acids is 1. The quantitative estimate of drug-likeness (QED) is 0.369. The number of aromatic nitrogens is 1. The average molecular weight is 435 g/mol. The third-order valence-electron chi connectivity index (χ3n) is 5.43. The summed E-state index contributed by atoms with van der Waals surface area (Å²) in [5, 5.41) is 50.6. The van der Waals surface area contributed by atoms with Gasteiger partial charge >= 0.3 is 5.97 Å². The molecule has 2 aromatic rings. The van der Waals surface area contributed by atoms with Gasteiger partial charge in [0.25, 0.3) is 0 Å². The second-order valence-electron chi connectivity index (χ2n) is 7.78. The highest BCUT2D eigenvalue weighted by atomic mass is 16.7. The maximum absolute atomic E-state index is 11.3. The molecule has 0 amide bonds. The van der Waals surface area contributed by atoms with Crippen LogP contribution in [0.1, 0.15) is 50.8 Å². The van der Waals surface area contributed by atoms with E-state index in [-0.39, 0.29) is 5.75 Å². The Balaban J connectivity index is 1.87. The largest absolute Gasteiger partial charge is 0.479 e. The van der Waals surface area contributed by atoms with E-state index in [2.05, 4.69) is 11.9 Å². The van der Waals surface area contributed by atoms with E-state index in [4.69, 9.17) is 9.47 Å². The first kappa shape index (κ1) is 23.4. The number of carbonyl (C=O) groups is 1. The van der Waals surface area contributed by atoms with Crippen molar-refractivity contribution in [2.75, 3.05) is 0 Å². The number of carboxylic acids is 1. The van der Waals surface area contributed by atoms with E-state index in [0.717, 1.165) is 25.7 Å². The van der Waals surface area contributed by atoms with Crippen LogP contribution in [0.5, 0.6) is 5.75 Å². The number of unbranched alkanes of at least 4 members (excludes halogenated alkanes) is 3. The summed E-state index contributed by atoms with van der Waals surface area (Å²) in [5.74, 6) is -1.28. The van der Waals surface area contributed by atoms with Crippen LogP contribution in [0.3, 0.4) is 0 Å². The van der Waals surface area contributed by atoms with Crippen molar-refractivity contribution in [3.63, 3.8) is 0 Å². The van der Waals surface area contributed by atoms with Gasteiger partial charge in [-0.1, -0.05) is 44.7 Å². The van der Waals surface area contributed by atoms with E-state index in [9.17, 15) is 30.3 Å². The minimum atomic E-state index is -1.80. The summed E-state index contributed by atoms with van der Waals surface area (Å²) < 4.78 is 11.0. The van der Waals surface area contributed by atoms with Crippen LogP contribution in [-0.2, 0) is 9.53 Å². The molecule has 0 saturated carbocycles. The van der Waals surface area contributed by atoms with Gasteiger partial charge in [0.05, 0.1) is 17.3 Å². The Morgan fingerprint density at radius 1 is 1.13 bits per heavy atom. The first-order chi connectivity index (χ1) is 14.8. The zero-order valence-electron chi connectivity index (χ0n) is 17.3. The van der Waals surface area contributed by atoms with Gasteiger partial charge in [-0.15, -0.1) is 0 Å². The molecule has 9 nitrogen and oxygen atoms in total. The molecule has 5 N–H and O–H groups in total. The Hall–Kier alpha value is -2.30. The fourth-order valence-electron chi connectivity index (χ4n) is 3.62. The molecule has 170 valence electrons. The predicted octanol–water partition coefficient (Wildman–Crippen LogP) is 1.51. The number of benzene rings is 1. The molecule has 1 fully saturated rings. The molecule has 6 atom stereocenters. The van der Waals surface area contributed by atoms with E-state index in [0.29, 0.717) is 23.0 Å². The summed E-state index contributed by atoms with van der Waals surface area (Å²) in [5.41, 5.74) is 0.925. The predicted molar refractivity (Wildman–Crippen MR) is 110 cm³/mol. The Morgan fingerprint density at radius 3 is 2.58 bits per heavy atom. The van der Waals surface area contributed by atoms with Crippen LogP contribution < -0.4 is 4.74 Å². The van der Waals surface area contributed by atoms with Crippen LogP contribution in [0.4, 0.5) is 0 Å². The number of nitrogens with zero attached hydrogens (tertiary/aromatic N) is 1. The van der Waals surface area contributed by atoms with Crippen molar-refractivity contribution in [2.24, 2.45) is 0 Å². The van der Waals surface area contributed by atoms with Crippen LogP contribution >= 0.6 is 0 Å². The summed E-state index contributed by atoms with van der Waals surface area (Å²) in [7, 11) is 0. The fraction of sp³-hybridized carbons (Fsp3) is 0.545. The lowest BCUT2D eigenvalue weighted by molar-refractivity contribution is -0.270. The van der Waals surface area contributed by atoms with E-state index in [1.54, 1.807) is 24.3 Å². The van der Waals surface area contributed by atoms with Crippen LogP contribution in [0, 0.1) is 0 Å².